The van der Waals surface area contributed by atoms with Crippen LogP contribution in [0.2, 0.25) is 0 Å². The van der Waals surface area contributed by atoms with Crippen molar-refractivity contribution >= 4 is 17.0 Å². The Bertz CT molecular complexity index is 870. The number of imidazole rings is 1. The average molecular weight is 302 g/mol. The Hall–Kier alpha value is -2.76. The molecule has 4 nitrogen and oxygen atoms in total. The zero-order chi connectivity index (χ0) is 15.9. The van der Waals surface area contributed by atoms with Crippen molar-refractivity contribution in [2.75, 3.05) is 7.11 Å². The van der Waals surface area contributed by atoms with Gasteiger partial charge < -0.3 is 4.74 Å². The van der Waals surface area contributed by atoms with E-state index < -0.39 is 11.8 Å². The first-order chi connectivity index (χ1) is 10.5. The van der Waals surface area contributed by atoms with Gasteiger partial charge in [-0.05, 0) is 37.3 Å². The molecule has 0 aliphatic carbocycles. The molecule has 0 atom stereocenters. The Morgan fingerprint density at radius 2 is 1.86 bits per heavy atom. The summed E-state index contributed by atoms with van der Waals surface area (Å²) < 4.78 is 33.3. The van der Waals surface area contributed by atoms with Crippen LogP contribution >= 0.6 is 0 Å². The molecular weight excluding hydrogens is 290 g/mol. The predicted octanol–water partition coefficient (Wildman–Crippen LogP) is 3.40. The molecule has 2 aromatic carbocycles. The molecule has 0 saturated heterocycles. The maximum absolute atomic E-state index is 14.0. The van der Waals surface area contributed by atoms with Crippen LogP contribution in [0.3, 0.4) is 0 Å². The molecule has 1 aromatic heterocycles. The maximum atomic E-state index is 14.0. The number of carbonyl (C=O) groups is 1. The lowest BCUT2D eigenvalue weighted by Crippen LogP contribution is -2.05. The zero-order valence-electron chi connectivity index (χ0n) is 11.9. The monoisotopic (exact) mass is 302 g/mol. The number of halogens is 2. The summed E-state index contributed by atoms with van der Waals surface area (Å²) in [7, 11) is 1.19. The summed E-state index contributed by atoms with van der Waals surface area (Å²) in [6, 6.07) is 8.40. The van der Waals surface area contributed by atoms with Gasteiger partial charge in [0.25, 0.3) is 0 Å². The molecule has 0 aliphatic heterocycles. The Morgan fingerprint density at radius 1 is 1.18 bits per heavy atom. The second-order valence-corrected chi connectivity index (χ2v) is 4.78. The molecule has 1 heterocycles. The van der Waals surface area contributed by atoms with Crippen LogP contribution in [-0.4, -0.2) is 22.6 Å². The number of benzene rings is 2. The van der Waals surface area contributed by atoms with Crippen LogP contribution in [0.4, 0.5) is 8.78 Å². The fraction of sp³-hybridized carbons (Fsp3) is 0.125. The second-order valence-electron chi connectivity index (χ2n) is 4.78. The quantitative estimate of drug-likeness (QED) is 0.681. The van der Waals surface area contributed by atoms with Gasteiger partial charge in [0.2, 0.25) is 0 Å². The Labute approximate surface area is 125 Å². The van der Waals surface area contributed by atoms with E-state index in [0.29, 0.717) is 22.5 Å². The SMILES string of the molecule is COC(=O)c1cc2c(cc1F)nc(C)n2-c1ccc(F)cc1. The van der Waals surface area contributed by atoms with E-state index in [1.54, 1.807) is 23.6 Å². The highest BCUT2D eigenvalue weighted by molar-refractivity contribution is 5.94. The lowest BCUT2D eigenvalue weighted by Gasteiger charge is -2.08. The van der Waals surface area contributed by atoms with Crippen LogP contribution in [0.15, 0.2) is 36.4 Å². The first-order valence-corrected chi connectivity index (χ1v) is 6.54. The van der Waals surface area contributed by atoms with Gasteiger partial charge in [-0.2, -0.15) is 0 Å². The minimum absolute atomic E-state index is 0.168. The van der Waals surface area contributed by atoms with Gasteiger partial charge >= 0.3 is 5.97 Å². The molecule has 0 fully saturated rings. The first-order valence-electron chi connectivity index (χ1n) is 6.54. The molecule has 0 saturated carbocycles. The fourth-order valence-electron chi connectivity index (χ4n) is 2.40. The van der Waals surface area contributed by atoms with E-state index in [-0.39, 0.29) is 11.4 Å². The third-order valence-electron chi connectivity index (χ3n) is 3.40. The van der Waals surface area contributed by atoms with Crippen molar-refractivity contribution in [3.63, 3.8) is 0 Å². The fourth-order valence-corrected chi connectivity index (χ4v) is 2.40. The van der Waals surface area contributed by atoms with Gasteiger partial charge in [0.15, 0.2) is 0 Å². The number of carbonyl (C=O) groups excluding carboxylic acids is 1. The molecule has 0 spiro atoms. The van der Waals surface area contributed by atoms with Crippen molar-refractivity contribution in [3.8, 4) is 5.69 Å². The maximum Gasteiger partial charge on any atom is 0.340 e. The molecule has 3 rings (SSSR count). The number of ether oxygens (including phenoxy) is 1. The lowest BCUT2D eigenvalue weighted by atomic mass is 10.2. The molecule has 0 bridgehead atoms. The van der Waals surface area contributed by atoms with Crippen LogP contribution in [0, 0.1) is 18.6 Å². The Kier molecular flexibility index (Phi) is 3.36. The number of aromatic nitrogens is 2. The Morgan fingerprint density at radius 3 is 2.50 bits per heavy atom. The van der Waals surface area contributed by atoms with E-state index in [1.807, 2.05) is 0 Å². The van der Waals surface area contributed by atoms with Gasteiger partial charge in [-0.1, -0.05) is 0 Å². The van der Waals surface area contributed by atoms with E-state index >= 15 is 0 Å². The summed E-state index contributed by atoms with van der Waals surface area (Å²) in [6.07, 6.45) is 0. The van der Waals surface area contributed by atoms with Crippen LogP contribution in [-0.2, 0) is 4.74 Å². The normalized spacial score (nSPS) is 10.9. The number of hydrogen-bond donors (Lipinski definition) is 0. The second kappa shape index (κ2) is 5.22. The van der Waals surface area contributed by atoms with Gasteiger partial charge in [0.05, 0.1) is 23.7 Å². The molecule has 0 N–H and O–H groups in total. The summed E-state index contributed by atoms with van der Waals surface area (Å²) >= 11 is 0. The number of esters is 1. The molecule has 3 aromatic rings. The van der Waals surface area contributed by atoms with Crippen molar-refractivity contribution in [2.24, 2.45) is 0 Å². The van der Waals surface area contributed by atoms with Crippen LogP contribution in [0.1, 0.15) is 16.2 Å². The lowest BCUT2D eigenvalue weighted by molar-refractivity contribution is 0.0595. The molecule has 0 aliphatic rings. The molecule has 22 heavy (non-hydrogen) atoms. The molecule has 0 radical (unpaired) electrons. The first kappa shape index (κ1) is 14.2. The minimum Gasteiger partial charge on any atom is -0.465 e. The summed E-state index contributed by atoms with van der Waals surface area (Å²) in [4.78, 5) is 15.9. The van der Waals surface area contributed by atoms with E-state index in [0.717, 1.165) is 0 Å². The Balaban J connectivity index is 2.28. The zero-order valence-corrected chi connectivity index (χ0v) is 11.9. The summed E-state index contributed by atoms with van der Waals surface area (Å²) in [6.45, 7) is 1.75. The third-order valence-corrected chi connectivity index (χ3v) is 3.40. The van der Waals surface area contributed by atoms with Crippen molar-refractivity contribution in [3.05, 3.63) is 59.4 Å². The molecule has 6 heteroatoms. The average Bonchev–Trinajstić information content (AvgIpc) is 2.81. The van der Waals surface area contributed by atoms with Gasteiger partial charge in [-0.25, -0.2) is 18.6 Å². The van der Waals surface area contributed by atoms with Gasteiger partial charge in [-0.15, -0.1) is 0 Å². The topological polar surface area (TPSA) is 44.1 Å². The highest BCUT2D eigenvalue weighted by atomic mass is 19.1. The van der Waals surface area contributed by atoms with E-state index in [2.05, 4.69) is 9.72 Å². The van der Waals surface area contributed by atoms with Gasteiger partial charge in [0, 0.05) is 11.8 Å². The number of fused-ring (bicyclic) bond motifs is 1. The van der Waals surface area contributed by atoms with Crippen LogP contribution in [0.25, 0.3) is 16.7 Å². The van der Waals surface area contributed by atoms with Crippen LogP contribution < -0.4 is 0 Å². The van der Waals surface area contributed by atoms with E-state index in [1.165, 1.54) is 31.4 Å². The van der Waals surface area contributed by atoms with Crippen molar-refractivity contribution in [1.29, 1.82) is 0 Å². The highest BCUT2D eigenvalue weighted by Gasteiger charge is 2.18. The number of nitrogens with zero attached hydrogens (tertiary/aromatic N) is 2. The molecular formula is C16H12F2N2O2. The molecule has 0 amide bonds. The van der Waals surface area contributed by atoms with Gasteiger partial charge in [-0.3, -0.25) is 4.57 Å². The van der Waals surface area contributed by atoms with Crippen molar-refractivity contribution < 1.29 is 18.3 Å². The summed E-state index contributed by atoms with van der Waals surface area (Å²) in [5.74, 6) is -1.21. The standard InChI is InChI=1S/C16H12F2N2O2/c1-9-19-14-8-13(18)12(16(21)22-2)7-15(14)20(9)11-5-3-10(17)4-6-11/h3-8H,1-2H3. The molecule has 112 valence electrons. The van der Waals surface area contributed by atoms with Crippen molar-refractivity contribution in [2.45, 2.75) is 6.92 Å². The largest absolute Gasteiger partial charge is 0.465 e. The predicted molar refractivity (Wildman–Crippen MR) is 77.1 cm³/mol. The number of hydrogen-bond acceptors (Lipinski definition) is 3. The highest BCUT2D eigenvalue weighted by Crippen LogP contribution is 2.24. The van der Waals surface area contributed by atoms with Crippen LogP contribution in [0.5, 0.6) is 0 Å². The summed E-state index contributed by atoms with van der Waals surface area (Å²) in [5, 5.41) is 0. The number of rotatable bonds is 2. The third kappa shape index (κ3) is 2.22. The molecule has 0 unspecified atom stereocenters. The van der Waals surface area contributed by atoms with Crippen molar-refractivity contribution in [1.82, 2.24) is 9.55 Å². The van der Waals surface area contributed by atoms with E-state index in [9.17, 15) is 13.6 Å². The minimum atomic E-state index is -0.760. The number of aryl methyl sites for hydroxylation is 1. The summed E-state index contributed by atoms with van der Waals surface area (Å²) in [5.41, 5.74) is 1.46. The smallest absolute Gasteiger partial charge is 0.340 e. The van der Waals surface area contributed by atoms with Gasteiger partial charge in [0.1, 0.15) is 17.5 Å². The van der Waals surface area contributed by atoms with E-state index in [4.69, 9.17) is 0 Å². The number of methoxy groups -OCH3 is 1.